The first kappa shape index (κ1) is 71.8. The SMILES string of the molecule is Cc1cc([Si](C)(C)C)c([Si](C)(C)C)c([Si](C)(C)C)c1[Si](c1c(C)cc([Si](C)(C)C)c([Si](C)(C)C)c1[Si](C)(C)C)(c1c(C)cc([Si](C)(C)C)c([Si](C)(C)C)c1[Si](C)(C)C)c1c(C)c(C)c(C)[c-]1C.[Cl-].[Cl-].[Cl-].[Ti+4]. The molecule has 0 atom stereocenters. The minimum atomic E-state index is -3.36. The number of hydrogen-bond donors (Lipinski definition) is 0. The van der Waals surface area contributed by atoms with Crippen LogP contribution in [0.1, 0.15) is 38.9 Å². The molecule has 0 heterocycles. The Balaban J connectivity index is 0.0000122. The van der Waals surface area contributed by atoms with Crippen LogP contribution in [0.4, 0.5) is 0 Å². The van der Waals surface area contributed by atoms with E-state index >= 15 is 0 Å². The molecule has 0 amide bonds. The topological polar surface area (TPSA) is 0 Å². The number of halogens is 3. The van der Waals surface area contributed by atoms with Gasteiger partial charge in [0.15, 0.2) is 8.07 Å². The zero-order valence-corrected chi connectivity index (χ0v) is 66.2. The molecule has 0 nitrogen and oxygen atoms in total. The molecule has 398 valence electrons. The van der Waals surface area contributed by atoms with Gasteiger partial charge in [0.1, 0.15) is 0 Å². The fourth-order valence-electron chi connectivity index (χ4n) is 12.8. The third kappa shape index (κ3) is 13.3. The van der Waals surface area contributed by atoms with Crippen LogP contribution in [0.2, 0.25) is 177 Å². The van der Waals surface area contributed by atoms with Gasteiger partial charge in [-0.1, -0.05) is 286 Å². The fourth-order valence-corrected chi connectivity index (χ4v) is 53.9. The monoisotopic (exact) mass is 1220 g/mol. The first-order valence-corrected chi connectivity index (χ1v) is 59.7. The molecule has 71 heavy (non-hydrogen) atoms. The Morgan fingerprint density at radius 1 is 0.282 bits per heavy atom. The Kier molecular flexibility index (Phi) is 22.7. The third-order valence-electron chi connectivity index (χ3n) is 15.4. The quantitative estimate of drug-likeness (QED) is 0.106. The van der Waals surface area contributed by atoms with E-state index < -0.39 is 80.7 Å². The maximum Gasteiger partial charge on any atom is 4.00 e. The van der Waals surface area contributed by atoms with Crippen molar-refractivity contribution in [2.75, 3.05) is 0 Å². The zero-order valence-electron chi connectivity index (χ0n) is 52.4. The molecule has 4 rings (SSSR count). The van der Waals surface area contributed by atoms with E-state index in [1.54, 1.807) is 48.6 Å². The molecule has 0 saturated carbocycles. The van der Waals surface area contributed by atoms with Crippen molar-refractivity contribution in [1.82, 2.24) is 0 Å². The zero-order chi connectivity index (χ0) is 52.7. The van der Waals surface area contributed by atoms with Crippen molar-refractivity contribution in [3.63, 3.8) is 0 Å². The molecule has 0 aliphatic heterocycles. The molecule has 0 fully saturated rings. The van der Waals surface area contributed by atoms with Crippen LogP contribution in [-0.2, 0) is 21.7 Å². The second kappa shape index (κ2) is 22.5. The minimum Gasteiger partial charge on any atom is -1.00 e. The summed E-state index contributed by atoms with van der Waals surface area (Å²) < 4.78 is 0. The van der Waals surface area contributed by atoms with Gasteiger partial charge in [-0.25, -0.2) is 0 Å². The summed E-state index contributed by atoms with van der Waals surface area (Å²) in [6.45, 7) is 91.5. The summed E-state index contributed by atoms with van der Waals surface area (Å²) in [5.74, 6) is 0. The van der Waals surface area contributed by atoms with Gasteiger partial charge in [-0.05, 0) is 36.3 Å². The molecular formula is C57H105Cl3Si10Ti. The van der Waals surface area contributed by atoms with Crippen LogP contribution in [0.5, 0.6) is 0 Å². The molecule has 0 aliphatic carbocycles. The molecule has 0 bridgehead atoms. The Morgan fingerprint density at radius 3 is 0.620 bits per heavy atom. The second-order valence-electron chi connectivity index (χ2n) is 31.0. The average molecular weight is 1230 g/mol. The molecule has 14 heteroatoms. The van der Waals surface area contributed by atoms with E-state index in [1.807, 2.05) is 46.7 Å². The van der Waals surface area contributed by atoms with Crippen LogP contribution in [0, 0.1) is 48.5 Å². The van der Waals surface area contributed by atoms with E-state index in [0.29, 0.717) is 0 Å². The van der Waals surface area contributed by atoms with Crippen molar-refractivity contribution in [1.29, 1.82) is 0 Å². The Hall–Kier alpha value is 0.763. The summed E-state index contributed by atoms with van der Waals surface area (Å²) in [5, 5.41) is 23.9. The van der Waals surface area contributed by atoms with Gasteiger partial charge in [0, 0.05) is 0 Å². The van der Waals surface area contributed by atoms with Crippen molar-refractivity contribution in [2.24, 2.45) is 0 Å². The van der Waals surface area contributed by atoms with Gasteiger partial charge in [0.05, 0.1) is 72.7 Å². The van der Waals surface area contributed by atoms with Gasteiger partial charge in [0.2, 0.25) is 0 Å². The Bertz CT molecular complexity index is 2330. The van der Waals surface area contributed by atoms with E-state index in [9.17, 15) is 0 Å². The van der Waals surface area contributed by atoms with E-state index in [4.69, 9.17) is 0 Å². The number of hydrogen-bond acceptors (Lipinski definition) is 0. The van der Waals surface area contributed by atoms with Gasteiger partial charge in [-0.15, -0.1) is 0 Å². The van der Waals surface area contributed by atoms with E-state index in [0.717, 1.165) is 0 Å². The standard InChI is InChI=1S/C57H105Si10.3ClH.Ti/c1-38-35-45(58(8,9)10)52(61(17,18)19)55(64(26,27)28)48(38)67(51-43(6)41(4)42(5)44(51)7,49-39(2)36-46(59(11,12)13)53(62(20,21)22)56(49)65(29,30)31)50-40(3)37-47(60(14,15)16)54(63(23,24)25)57(50)66(32,33)34;;;;/h35-37H,1-34H3;3*1H;/q-1;;;;+4/p-3. The largest absolute Gasteiger partial charge is 4.00 e. The van der Waals surface area contributed by atoms with Crippen molar-refractivity contribution in [2.45, 2.75) is 225 Å². The first-order valence-electron chi connectivity index (χ1n) is 26.2. The normalized spacial score (nSPS) is 13.6. The minimum absolute atomic E-state index is 0. The summed E-state index contributed by atoms with van der Waals surface area (Å²) in [7, 11) is -21.0. The van der Waals surface area contributed by atoms with Gasteiger partial charge >= 0.3 is 21.7 Å². The van der Waals surface area contributed by atoms with E-state index in [2.05, 4.69) is 243 Å². The van der Waals surface area contributed by atoms with Crippen molar-refractivity contribution >= 4 is 148 Å². The molecule has 4 aromatic rings. The molecular weight excluding hydrogens is 1120 g/mol. The number of aryl methyl sites for hydroxylation is 3. The van der Waals surface area contributed by atoms with Crippen LogP contribution in [-0.4, -0.2) is 80.7 Å². The summed E-state index contributed by atoms with van der Waals surface area (Å²) in [6.07, 6.45) is 0. The Morgan fingerprint density at radius 2 is 0.479 bits per heavy atom. The summed E-state index contributed by atoms with van der Waals surface area (Å²) in [6, 6.07) is 8.64. The van der Waals surface area contributed by atoms with Crippen LogP contribution in [0.3, 0.4) is 0 Å². The predicted molar refractivity (Wildman–Crippen MR) is 346 cm³/mol. The second-order valence-corrected chi connectivity index (χ2v) is 79.6. The molecule has 0 aliphatic rings. The average Bonchev–Trinajstić information content (AvgIpc) is 3.26. The van der Waals surface area contributed by atoms with Gasteiger partial charge < -0.3 is 37.2 Å². The third-order valence-corrected chi connectivity index (χ3v) is 41.5. The molecule has 0 aromatic heterocycles. The van der Waals surface area contributed by atoms with Gasteiger partial charge in [0.25, 0.3) is 0 Å². The summed E-state index contributed by atoms with van der Waals surface area (Å²) in [5.41, 5.74) is 11.1. The molecule has 0 N–H and O–H groups in total. The molecule has 0 spiro atoms. The summed E-state index contributed by atoms with van der Waals surface area (Å²) in [4.78, 5) is 0. The molecule has 0 unspecified atom stereocenters. The van der Waals surface area contributed by atoms with Crippen LogP contribution < -0.4 is 105 Å². The van der Waals surface area contributed by atoms with Gasteiger partial charge in [-0.3, -0.25) is 0 Å². The maximum absolute atomic E-state index is 3.36. The smallest absolute Gasteiger partial charge is 1.00 e. The molecule has 0 radical (unpaired) electrons. The van der Waals surface area contributed by atoms with E-state index in [-0.39, 0.29) is 58.9 Å². The first-order chi connectivity index (χ1) is 29.4. The molecule has 0 saturated heterocycles. The summed E-state index contributed by atoms with van der Waals surface area (Å²) >= 11 is 0. The van der Waals surface area contributed by atoms with Crippen molar-refractivity contribution in [3.8, 4) is 0 Å². The van der Waals surface area contributed by atoms with Crippen molar-refractivity contribution in [3.05, 3.63) is 57.1 Å². The predicted octanol–water partition coefficient (Wildman–Crippen LogP) is 0.858. The van der Waals surface area contributed by atoms with Crippen molar-refractivity contribution < 1.29 is 58.9 Å². The van der Waals surface area contributed by atoms with Crippen LogP contribution in [0.15, 0.2) is 18.2 Å². The number of benzene rings is 3. The van der Waals surface area contributed by atoms with Crippen LogP contribution in [0.25, 0.3) is 0 Å². The van der Waals surface area contributed by atoms with Crippen LogP contribution >= 0.6 is 0 Å². The maximum atomic E-state index is 2.88. The molecule has 4 aromatic carbocycles. The van der Waals surface area contributed by atoms with E-state index in [1.165, 1.54) is 11.1 Å². The fraction of sp³-hybridized carbons (Fsp3) is 0.596. The van der Waals surface area contributed by atoms with Gasteiger partial charge in [-0.2, -0.15) is 27.4 Å². The number of rotatable bonds is 13. The Labute approximate surface area is 484 Å².